The molecule has 1 atom stereocenters. The van der Waals surface area contributed by atoms with Gasteiger partial charge in [0.05, 0.1) is 5.02 Å². The quantitative estimate of drug-likeness (QED) is 0.775. The Hall–Kier alpha value is -2.24. The van der Waals surface area contributed by atoms with Crippen LogP contribution in [-0.4, -0.2) is 17.9 Å². The van der Waals surface area contributed by atoms with Gasteiger partial charge in [0.2, 0.25) is 0 Å². The number of hydrazine groups is 1. The second kappa shape index (κ2) is 8.74. The normalized spacial score (nSPS) is 11.5. The fraction of sp³-hybridized carbons (Fsp3) is 0.222. The van der Waals surface area contributed by atoms with E-state index in [1.807, 2.05) is 19.1 Å². The molecule has 0 saturated heterocycles. The maximum Gasteiger partial charge on any atom is 0.279 e. The van der Waals surface area contributed by atoms with Gasteiger partial charge in [0.1, 0.15) is 10.8 Å². The zero-order valence-electron chi connectivity index (χ0n) is 13.8. The van der Waals surface area contributed by atoms with E-state index >= 15 is 0 Å². The van der Waals surface area contributed by atoms with Gasteiger partial charge in [-0.2, -0.15) is 0 Å². The lowest BCUT2D eigenvalue weighted by Gasteiger charge is -2.16. The second-order valence-corrected chi connectivity index (χ2v) is 6.09. The Morgan fingerprint density at radius 3 is 2.40 bits per heavy atom. The molecule has 132 valence electrons. The third kappa shape index (κ3) is 5.11. The van der Waals surface area contributed by atoms with Crippen molar-refractivity contribution < 1.29 is 14.3 Å². The number of carbonyl (C=O) groups excluding carboxylic acids is 2. The number of nitrogens with one attached hydrogen (secondary N) is 2. The summed E-state index contributed by atoms with van der Waals surface area (Å²) in [6.07, 6.45) is 0.0123. The number of carbonyl (C=O) groups is 2. The van der Waals surface area contributed by atoms with Crippen LogP contribution in [0.25, 0.3) is 0 Å². The van der Waals surface area contributed by atoms with Crippen LogP contribution in [0.4, 0.5) is 0 Å². The van der Waals surface area contributed by atoms with Crippen molar-refractivity contribution in [1.82, 2.24) is 10.9 Å². The molecule has 0 radical (unpaired) electrons. The first-order valence-electron chi connectivity index (χ1n) is 7.72. The molecule has 7 heteroatoms. The van der Waals surface area contributed by atoms with E-state index in [4.69, 9.17) is 27.9 Å². The third-order valence-corrected chi connectivity index (χ3v) is 4.31. The zero-order valence-corrected chi connectivity index (χ0v) is 15.3. The standard InChI is InChI=1S/C18H18Cl2N2O3/c1-3-12-7-9-13(10-8-12)18(24)22-21-17(23)11(2)25-15-6-4-5-14(19)16(15)20/h4-11H,3H2,1-2H3,(H,21,23)(H,22,24). The van der Waals surface area contributed by atoms with Crippen LogP contribution in [0.1, 0.15) is 29.8 Å². The molecule has 2 rings (SSSR count). The highest BCUT2D eigenvalue weighted by atomic mass is 35.5. The summed E-state index contributed by atoms with van der Waals surface area (Å²) in [5.41, 5.74) is 6.25. The van der Waals surface area contributed by atoms with Crippen LogP contribution in [0.15, 0.2) is 42.5 Å². The van der Waals surface area contributed by atoms with Crippen molar-refractivity contribution in [2.75, 3.05) is 0 Å². The zero-order chi connectivity index (χ0) is 18.4. The molecule has 2 amide bonds. The van der Waals surface area contributed by atoms with Gasteiger partial charge in [0.15, 0.2) is 6.10 Å². The summed E-state index contributed by atoms with van der Waals surface area (Å²) in [6, 6.07) is 12.0. The molecule has 0 aromatic heterocycles. The van der Waals surface area contributed by atoms with Crippen LogP contribution in [0.3, 0.4) is 0 Å². The minimum Gasteiger partial charge on any atom is -0.479 e. The molecule has 0 saturated carbocycles. The van der Waals surface area contributed by atoms with Crippen molar-refractivity contribution in [2.45, 2.75) is 26.4 Å². The van der Waals surface area contributed by atoms with E-state index in [1.165, 1.54) is 6.92 Å². The molecule has 0 spiro atoms. The molecule has 0 aliphatic heterocycles. The largest absolute Gasteiger partial charge is 0.479 e. The Morgan fingerprint density at radius 2 is 1.76 bits per heavy atom. The monoisotopic (exact) mass is 380 g/mol. The van der Waals surface area contributed by atoms with Gasteiger partial charge in [-0.05, 0) is 43.2 Å². The smallest absolute Gasteiger partial charge is 0.279 e. The molecule has 1 unspecified atom stereocenters. The highest BCUT2D eigenvalue weighted by molar-refractivity contribution is 6.42. The summed E-state index contributed by atoms with van der Waals surface area (Å²) >= 11 is 11.9. The van der Waals surface area contributed by atoms with E-state index in [-0.39, 0.29) is 5.02 Å². The topological polar surface area (TPSA) is 67.4 Å². The Bertz CT molecular complexity index is 763. The second-order valence-electron chi connectivity index (χ2n) is 5.31. The summed E-state index contributed by atoms with van der Waals surface area (Å²) in [4.78, 5) is 24.1. The number of aryl methyl sites for hydroxylation is 1. The van der Waals surface area contributed by atoms with Gasteiger partial charge >= 0.3 is 0 Å². The molecule has 0 fully saturated rings. The number of hydrogen-bond acceptors (Lipinski definition) is 3. The number of ether oxygens (including phenoxy) is 1. The first-order chi connectivity index (χ1) is 11.9. The number of hydrogen-bond donors (Lipinski definition) is 2. The number of benzene rings is 2. The summed E-state index contributed by atoms with van der Waals surface area (Å²) in [5, 5.41) is 0.555. The lowest BCUT2D eigenvalue weighted by atomic mass is 10.1. The maximum absolute atomic E-state index is 12.1. The van der Waals surface area contributed by atoms with Crippen LogP contribution in [0.5, 0.6) is 5.75 Å². The predicted molar refractivity (Wildman–Crippen MR) is 98.0 cm³/mol. The van der Waals surface area contributed by atoms with E-state index in [9.17, 15) is 9.59 Å². The van der Waals surface area contributed by atoms with Crippen LogP contribution in [0.2, 0.25) is 10.0 Å². The SMILES string of the molecule is CCc1ccc(C(=O)NNC(=O)C(C)Oc2cccc(Cl)c2Cl)cc1. The van der Waals surface area contributed by atoms with Crippen LogP contribution in [-0.2, 0) is 11.2 Å². The van der Waals surface area contributed by atoms with Crippen LogP contribution >= 0.6 is 23.2 Å². The maximum atomic E-state index is 12.1. The van der Waals surface area contributed by atoms with Gasteiger partial charge in [-0.15, -0.1) is 0 Å². The molecular weight excluding hydrogens is 363 g/mol. The first kappa shape index (κ1) is 19.1. The lowest BCUT2D eigenvalue weighted by molar-refractivity contribution is -0.128. The van der Waals surface area contributed by atoms with Crippen molar-refractivity contribution in [3.63, 3.8) is 0 Å². The van der Waals surface area contributed by atoms with Gasteiger partial charge in [-0.1, -0.05) is 48.3 Å². The van der Waals surface area contributed by atoms with Gasteiger partial charge in [0.25, 0.3) is 11.8 Å². The highest BCUT2D eigenvalue weighted by Gasteiger charge is 2.18. The molecule has 2 N–H and O–H groups in total. The van der Waals surface area contributed by atoms with Crippen molar-refractivity contribution in [1.29, 1.82) is 0 Å². The van der Waals surface area contributed by atoms with Gasteiger partial charge in [-0.3, -0.25) is 20.4 Å². The van der Waals surface area contributed by atoms with E-state index in [1.54, 1.807) is 30.3 Å². The molecule has 0 bridgehead atoms. The van der Waals surface area contributed by atoms with E-state index in [2.05, 4.69) is 10.9 Å². The number of amides is 2. The molecule has 0 heterocycles. The van der Waals surface area contributed by atoms with Crippen molar-refractivity contribution in [2.24, 2.45) is 0 Å². The van der Waals surface area contributed by atoms with Crippen molar-refractivity contribution in [3.05, 3.63) is 63.6 Å². The highest BCUT2D eigenvalue weighted by Crippen LogP contribution is 2.32. The van der Waals surface area contributed by atoms with Gasteiger partial charge in [0, 0.05) is 5.56 Å². The van der Waals surface area contributed by atoms with E-state index in [0.717, 1.165) is 12.0 Å². The average Bonchev–Trinajstić information content (AvgIpc) is 2.63. The molecule has 2 aromatic rings. The minimum absolute atomic E-state index is 0.226. The number of halogens is 2. The summed E-state index contributed by atoms with van der Waals surface area (Å²) in [5.74, 6) is -0.642. The van der Waals surface area contributed by atoms with E-state index in [0.29, 0.717) is 16.3 Å². The fourth-order valence-electron chi connectivity index (χ4n) is 2.00. The third-order valence-electron chi connectivity index (χ3n) is 3.51. The minimum atomic E-state index is -0.876. The summed E-state index contributed by atoms with van der Waals surface area (Å²) in [7, 11) is 0. The molecule has 0 aliphatic carbocycles. The molecule has 0 aliphatic rings. The average molecular weight is 381 g/mol. The molecular formula is C18H18Cl2N2O3. The lowest BCUT2D eigenvalue weighted by Crippen LogP contribution is -2.47. The summed E-state index contributed by atoms with van der Waals surface area (Å²) < 4.78 is 5.48. The van der Waals surface area contributed by atoms with Crippen molar-refractivity contribution >= 4 is 35.0 Å². The predicted octanol–water partition coefficient (Wildman–Crippen LogP) is 3.78. The van der Waals surface area contributed by atoms with Crippen LogP contribution in [0, 0.1) is 0 Å². The first-order valence-corrected chi connectivity index (χ1v) is 8.47. The molecule has 2 aromatic carbocycles. The fourth-order valence-corrected chi connectivity index (χ4v) is 2.34. The van der Waals surface area contributed by atoms with Crippen LogP contribution < -0.4 is 15.6 Å². The Balaban J connectivity index is 1.90. The number of rotatable bonds is 5. The molecule has 5 nitrogen and oxygen atoms in total. The summed E-state index contributed by atoms with van der Waals surface area (Å²) in [6.45, 7) is 3.57. The van der Waals surface area contributed by atoms with E-state index < -0.39 is 17.9 Å². The Kier molecular flexibility index (Phi) is 6.67. The Morgan fingerprint density at radius 1 is 1.08 bits per heavy atom. The van der Waals surface area contributed by atoms with Gasteiger partial charge < -0.3 is 4.74 Å². The molecule has 25 heavy (non-hydrogen) atoms. The Labute approximate surface area is 156 Å². The van der Waals surface area contributed by atoms with Crippen molar-refractivity contribution in [3.8, 4) is 5.75 Å². The van der Waals surface area contributed by atoms with Gasteiger partial charge in [-0.25, -0.2) is 0 Å².